The third kappa shape index (κ3) is 2.82. The summed E-state index contributed by atoms with van der Waals surface area (Å²) in [7, 11) is 0. The molecule has 1 aromatic rings. The fourth-order valence-electron chi connectivity index (χ4n) is 3.77. The van der Waals surface area contributed by atoms with Gasteiger partial charge in [-0.15, -0.1) is 0 Å². The molecule has 3 unspecified atom stereocenters. The lowest BCUT2D eigenvalue weighted by Crippen LogP contribution is -2.50. The quantitative estimate of drug-likeness (QED) is 0.900. The zero-order chi connectivity index (χ0) is 13.2. The van der Waals surface area contributed by atoms with Crippen molar-refractivity contribution in [2.24, 2.45) is 5.92 Å². The molecule has 3 heteroatoms. The summed E-state index contributed by atoms with van der Waals surface area (Å²) in [4.78, 5) is 2.64. The number of nitrogens with zero attached hydrogens (tertiary/aromatic N) is 1. The van der Waals surface area contributed by atoms with Crippen LogP contribution in [0.4, 0.5) is 4.39 Å². The first-order valence-electron chi connectivity index (χ1n) is 7.45. The molecule has 3 rings (SSSR count). The first kappa shape index (κ1) is 13.1. The summed E-state index contributed by atoms with van der Waals surface area (Å²) in [6.45, 7) is 5.77. The normalized spacial score (nSPS) is 29.2. The highest BCUT2D eigenvalue weighted by molar-refractivity contribution is 5.17. The summed E-state index contributed by atoms with van der Waals surface area (Å²) in [5.74, 6) is 0.701. The number of fused-ring (bicyclic) bond motifs is 1. The van der Waals surface area contributed by atoms with E-state index in [1.54, 1.807) is 6.07 Å². The van der Waals surface area contributed by atoms with Gasteiger partial charge in [0.2, 0.25) is 0 Å². The van der Waals surface area contributed by atoms with Gasteiger partial charge in [-0.1, -0.05) is 12.1 Å². The molecule has 2 fully saturated rings. The van der Waals surface area contributed by atoms with E-state index in [9.17, 15) is 4.39 Å². The van der Waals surface area contributed by atoms with Crippen LogP contribution < -0.4 is 5.32 Å². The van der Waals surface area contributed by atoms with E-state index in [4.69, 9.17) is 0 Å². The molecular weight excluding hydrogens is 239 g/mol. The van der Waals surface area contributed by atoms with Crippen molar-refractivity contribution in [3.8, 4) is 0 Å². The van der Waals surface area contributed by atoms with Crippen LogP contribution >= 0.6 is 0 Å². The Hall–Kier alpha value is -0.930. The molecular formula is C16H23FN2. The van der Waals surface area contributed by atoms with Crippen LogP contribution in [-0.2, 0) is 6.42 Å². The molecule has 2 aliphatic rings. The van der Waals surface area contributed by atoms with Gasteiger partial charge in [0.15, 0.2) is 0 Å². The molecule has 2 heterocycles. The first-order chi connectivity index (χ1) is 9.24. The van der Waals surface area contributed by atoms with Gasteiger partial charge in [0, 0.05) is 18.6 Å². The zero-order valence-corrected chi connectivity index (χ0v) is 11.6. The molecule has 2 nitrogen and oxygen atoms in total. The molecule has 0 saturated carbocycles. The minimum Gasteiger partial charge on any atom is -0.315 e. The molecule has 1 N–H and O–H groups in total. The Balaban J connectivity index is 1.67. The van der Waals surface area contributed by atoms with Gasteiger partial charge in [0.25, 0.3) is 0 Å². The SMILES string of the molecule is CC(Cc1cccc(F)c1)N1CCCC2CNCC21. The van der Waals surface area contributed by atoms with Crippen LogP contribution in [-0.4, -0.2) is 36.6 Å². The van der Waals surface area contributed by atoms with E-state index in [0.717, 1.165) is 24.4 Å². The highest BCUT2D eigenvalue weighted by Crippen LogP contribution is 2.28. The van der Waals surface area contributed by atoms with Crippen molar-refractivity contribution < 1.29 is 4.39 Å². The van der Waals surface area contributed by atoms with Crippen LogP contribution in [0.25, 0.3) is 0 Å². The van der Waals surface area contributed by atoms with Gasteiger partial charge in [-0.05, 0) is 62.9 Å². The Bertz CT molecular complexity index is 435. The second-order valence-corrected chi connectivity index (χ2v) is 6.05. The summed E-state index contributed by atoms with van der Waals surface area (Å²) in [6, 6.07) is 8.23. The van der Waals surface area contributed by atoms with Gasteiger partial charge in [-0.2, -0.15) is 0 Å². The van der Waals surface area contributed by atoms with Crippen molar-refractivity contribution in [2.75, 3.05) is 19.6 Å². The number of hydrogen-bond acceptors (Lipinski definition) is 2. The summed E-state index contributed by atoms with van der Waals surface area (Å²) in [5.41, 5.74) is 1.11. The molecule has 0 aromatic heterocycles. The van der Waals surface area contributed by atoms with Gasteiger partial charge in [0.1, 0.15) is 5.82 Å². The van der Waals surface area contributed by atoms with Crippen molar-refractivity contribution in [1.82, 2.24) is 10.2 Å². The molecule has 0 spiro atoms. The monoisotopic (exact) mass is 262 g/mol. The molecule has 19 heavy (non-hydrogen) atoms. The van der Waals surface area contributed by atoms with Gasteiger partial charge in [-0.25, -0.2) is 4.39 Å². The molecule has 0 radical (unpaired) electrons. The van der Waals surface area contributed by atoms with E-state index in [-0.39, 0.29) is 5.82 Å². The number of benzene rings is 1. The minimum atomic E-state index is -0.122. The lowest BCUT2D eigenvalue weighted by molar-refractivity contribution is 0.0848. The van der Waals surface area contributed by atoms with E-state index >= 15 is 0 Å². The smallest absolute Gasteiger partial charge is 0.123 e. The number of piperidine rings is 1. The molecule has 0 aliphatic carbocycles. The number of rotatable bonds is 3. The predicted molar refractivity (Wildman–Crippen MR) is 75.7 cm³/mol. The van der Waals surface area contributed by atoms with Gasteiger partial charge >= 0.3 is 0 Å². The second-order valence-electron chi connectivity index (χ2n) is 6.05. The highest BCUT2D eigenvalue weighted by atomic mass is 19.1. The zero-order valence-electron chi connectivity index (χ0n) is 11.6. The summed E-state index contributed by atoms with van der Waals surface area (Å²) in [6.07, 6.45) is 3.61. The molecule has 104 valence electrons. The van der Waals surface area contributed by atoms with Crippen LogP contribution in [0.2, 0.25) is 0 Å². The van der Waals surface area contributed by atoms with E-state index in [1.165, 1.54) is 32.0 Å². The van der Waals surface area contributed by atoms with Crippen molar-refractivity contribution in [3.63, 3.8) is 0 Å². The average molecular weight is 262 g/mol. The molecule has 2 saturated heterocycles. The van der Waals surface area contributed by atoms with Crippen LogP contribution in [0.5, 0.6) is 0 Å². The molecule has 2 aliphatic heterocycles. The van der Waals surface area contributed by atoms with Crippen molar-refractivity contribution in [1.29, 1.82) is 0 Å². The fourth-order valence-corrected chi connectivity index (χ4v) is 3.77. The maximum absolute atomic E-state index is 13.3. The third-order valence-electron chi connectivity index (χ3n) is 4.71. The lowest BCUT2D eigenvalue weighted by atomic mass is 9.90. The fraction of sp³-hybridized carbons (Fsp3) is 0.625. The molecule has 0 bridgehead atoms. The number of hydrogen-bond donors (Lipinski definition) is 1. The van der Waals surface area contributed by atoms with E-state index in [2.05, 4.69) is 17.1 Å². The van der Waals surface area contributed by atoms with E-state index in [1.807, 2.05) is 12.1 Å². The summed E-state index contributed by atoms with van der Waals surface area (Å²) >= 11 is 0. The van der Waals surface area contributed by atoms with E-state index < -0.39 is 0 Å². The number of likely N-dealkylation sites (tertiary alicyclic amines) is 1. The molecule has 1 aromatic carbocycles. The first-order valence-corrected chi connectivity index (χ1v) is 7.45. The maximum Gasteiger partial charge on any atom is 0.123 e. The van der Waals surface area contributed by atoms with Gasteiger partial charge < -0.3 is 5.32 Å². The number of nitrogens with one attached hydrogen (secondary N) is 1. The van der Waals surface area contributed by atoms with Gasteiger partial charge in [-0.3, -0.25) is 4.90 Å². The van der Waals surface area contributed by atoms with Crippen LogP contribution in [0.15, 0.2) is 24.3 Å². The van der Waals surface area contributed by atoms with Crippen LogP contribution in [0.3, 0.4) is 0 Å². The standard InChI is InChI=1S/C16H23FN2/c1-12(8-13-4-2-6-15(17)9-13)19-7-3-5-14-10-18-11-16(14)19/h2,4,6,9,12,14,16,18H,3,5,7-8,10-11H2,1H3. The Morgan fingerprint density at radius 1 is 1.42 bits per heavy atom. The maximum atomic E-state index is 13.3. The predicted octanol–water partition coefficient (Wildman–Crippen LogP) is 2.44. The summed E-state index contributed by atoms with van der Waals surface area (Å²) < 4.78 is 13.3. The Kier molecular flexibility index (Phi) is 3.85. The van der Waals surface area contributed by atoms with Crippen molar-refractivity contribution in [2.45, 2.75) is 38.3 Å². The Labute approximate surface area is 115 Å². The third-order valence-corrected chi connectivity index (χ3v) is 4.71. The minimum absolute atomic E-state index is 0.122. The van der Waals surface area contributed by atoms with Gasteiger partial charge in [0.05, 0.1) is 0 Å². The van der Waals surface area contributed by atoms with Crippen LogP contribution in [0.1, 0.15) is 25.3 Å². The van der Waals surface area contributed by atoms with Crippen LogP contribution in [0, 0.1) is 11.7 Å². The molecule has 3 atom stereocenters. The largest absolute Gasteiger partial charge is 0.315 e. The topological polar surface area (TPSA) is 15.3 Å². The Morgan fingerprint density at radius 3 is 3.16 bits per heavy atom. The summed E-state index contributed by atoms with van der Waals surface area (Å²) in [5, 5.41) is 3.52. The second kappa shape index (κ2) is 5.59. The average Bonchev–Trinajstić information content (AvgIpc) is 2.86. The van der Waals surface area contributed by atoms with Crippen molar-refractivity contribution >= 4 is 0 Å². The highest BCUT2D eigenvalue weighted by Gasteiger charge is 2.36. The van der Waals surface area contributed by atoms with Crippen molar-refractivity contribution in [3.05, 3.63) is 35.6 Å². The Morgan fingerprint density at radius 2 is 2.32 bits per heavy atom. The lowest BCUT2D eigenvalue weighted by Gasteiger charge is -2.41. The number of halogens is 1. The van der Waals surface area contributed by atoms with E-state index in [0.29, 0.717) is 12.1 Å². The molecule has 0 amide bonds.